The summed E-state index contributed by atoms with van der Waals surface area (Å²) in [6.45, 7) is 6.71. The van der Waals surface area contributed by atoms with E-state index >= 15 is 0 Å². The molecule has 3 nitrogen and oxygen atoms in total. The molecule has 0 heterocycles. The van der Waals surface area contributed by atoms with E-state index in [-0.39, 0.29) is 17.2 Å². The molecule has 2 aliphatic carbocycles. The van der Waals surface area contributed by atoms with Gasteiger partial charge in [0.25, 0.3) is 0 Å². The van der Waals surface area contributed by atoms with Gasteiger partial charge in [0.2, 0.25) is 0 Å². The summed E-state index contributed by atoms with van der Waals surface area (Å²) in [4.78, 5) is 24.7. The van der Waals surface area contributed by atoms with Crippen molar-refractivity contribution in [3.63, 3.8) is 0 Å². The van der Waals surface area contributed by atoms with Crippen LogP contribution in [0.5, 0.6) is 0 Å². The number of carbonyl (C=O) groups is 2. The van der Waals surface area contributed by atoms with Crippen LogP contribution in [-0.4, -0.2) is 18.4 Å². The Morgan fingerprint density at radius 3 is 2.64 bits per heavy atom. The molecule has 0 spiro atoms. The minimum atomic E-state index is -0.296. The van der Waals surface area contributed by atoms with Crippen molar-refractivity contribution >= 4 is 11.8 Å². The predicted molar refractivity (Wildman–Crippen MR) is 98.3 cm³/mol. The second kappa shape index (κ2) is 6.99. The largest absolute Gasteiger partial charge is 0.462 e. The van der Waals surface area contributed by atoms with Gasteiger partial charge in [0.05, 0.1) is 12.2 Å². The van der Waals surface area contributed by atoms with Crippen molar-refractivity contribution in [2.45, 2.75) is 46.5 Å². The van der Waals surface area contributed by atoms with Crippen LogP contribution in [0.25, 0.3) is 0 Å². The van der Waals surface area contributed by atoms with E-state index in [2.05, 4.69) is 20.8 Å². The zero-order chi connectivity index (χ0) is 18.0. The summed E-state index contributed by atoms with van der Waals surface area (Å²) >= 11 is 0. The van der Waals surface area contributed by atoms with Gasteiger partial charge in [-0.15, -0.1) is 0 Å². The van der Waals surface area contributed by atoms with Crippen molar-refractivity contribution in [2.24, 2.45) is 11.3 Å². The molecule has 0 aliphatic heterocycles. The van der Waals surface area contributed by atoms with Crippen LogP contribution in [0.4, 0.5) is 0 Å². The first-order valence-corrected chi connectivity index (χ1v) is 9.04. The van der Waals surface area contributed by atoms with E-state index in [0.29, 0.717) is 18.1 Å². The molecule has 0 N–H and O–H groups in total. The van der Waals surface area contributed by atoms with Crippen molar-refractivity contribution in [1.82, 2.24) is 0 Å². The summed E-state index contributed by atoms with van der Waals surface area (Å²) in [7, 11) is 0. The van der Waals surface area contributed by atoms with Gasteiger partial charge in [-0.05, 0) is 70.6 Å². The van der Waals surface area contributed by atoms with Gasteiger partial charge in [0.15, 0.2) is 5.78 Å². The Morgan fingerprint density at radius 1 is 1.24 bits per heavy atom. The fourth-order valence-corrected chi connectivity index (χ4v) is 4.30. The van der Waals surface area contributed by atoms with Crippen LogP contribution in [0.2, 0.25) is 0 Å². The number of esters is 1. The lowest BCUT2D eigenvalue weighted by atomic mass is 9.73. The fourth-order valence-electron chi connectivity index (χ4n) is 4.30. The van der Waals surface area contributed by atoms with Gasteiger partial charge >= 0.3 is 5.97 Å². The molecule has 0 bridgehead atoms. The molecule has 1 aromatic carbocycles. The standard InChI is InChI=1S/C22H26O3/c1-15(2)18-13-19-16(3)12-20(23)22(19,14-18)10-7-11-25-21(24)17-8-5-4-6-9-17/h4-6,8-9,12,19H,7,10-11,13-14H2,1-3H3/t19-,22-/m1/s1. The van der Waals surface area contributed by atoms with E-state index in [4.69, 9.17) is 4.74 Å². The van der Waals surface area contributed by atoms with Crippen LogP contribution in [0, 0.1) is 11.3 Å². The van der Waals surface area contributed by atoms with Gasteiger partial charge in [-0.1, -0.05) is 34.9 Å². The normalized spacial score (nSPS) is 24.9. The lowest BCUT2D eigenvalue weighted by Crippen LogP contribution is -2.30. The highest BCUT2D eigenvalue weighted by Crippen LogP contribution is 2.57. The van der Waals surface area contributed by atoms with Crippen LogP contribution in [-0.2, 0) is 9.53 Å². The summed E-state index contributed by atoms with van der Waals surface area (Å²) < 4.78 is 5.39. The summed E-state index contributed by atoms with van der Waals surface area (Å²) in [5.74, 6) is 0.300. The number of rotatable bonds is 5. The number of ketones is 1. The third-order valence-electron chi connectivity index (χ3n) is 5.76. The molecular formula is C22H26O3. The first-order chi connectivity index (χ1) is 11.9. The predicted octanol–water partition coefficient (Wildman–Crippen LogP) is 4.89. The van der Waals surface area contributed by atoms with E-state index < -0.39 is 0 Å². The van der Waals surface area contributed by atoms with E-state index in [1.54, 1.807) is 12.1 Å². The zero-order valence-corrected chi connectivity index (χ0v) is 15.3. The van der Waals surface area contributed by atoms with Crippen molar-refractivity contribution in [3.05, 3.63) is 58.7 Å². The van der Waals surface area contributed by atoms with E-state index in [0.717, 1.165) is 25.7 Å². The fraction of sp³-hybridized carbons (Fsp3) is 0.455. The maximum Gasteiger partial charge on any atom is 0.338 e. The summed E-state index contributed by atoms with van der Waals surface area (Å²) in [5, 5.41) is 0. The number of benzene rings is 1. The van der Waals surface area contributed by atoms with Crippen LogP contribution in [0.15, 0.2) is 53.1 Å². The highest BCUT2D eigenvalue weighted by Gasteiger charge is 2.53. The molecule has 1 saturated carbocycles. The van der Waals surface area contributed by atoms with Crippen LogP contribution in [0.1, 0.15) is 56.8 Å². The molecule has 3 heteroatoms. The second-order valence-electron chi connectivity index (χ2n) is 7.55. The zero-order valence-electron chi connectivity index (χ0n) is 15.3. The van der Waals surface area contributed by atoms with Crippen LogP contribution >= 0.6 is 0 Å². The highest BCUT2D eigenvalue weighted by molar-refractivity contribution is 5.99. The Morgan fingerprint density at radius 2 is 1.96 bits per heavy atom. The topological polar surface area (TPSA) is 43.4 Å². The van der Waals surface area contributed by atoms with Gasteiger partial charge in [-0.2, -0.15) is 0 Å². The molecule has 0 saturated heterocycles. The van der Waals surface area contributed by atoms with Crippen molar-refractivity contribution in [1.29, 1.82) is 0 Å². The smallest absolute Gasteiger partial charge is 0.338 e. The van der Waals surface area contributed by atoms with E-state index in [9.17, 15) is 9.59 Å². The second-order valence-corrected chi connectivity index (χ2v) is 7.55. The van der Waals surface area contributed by atoms with Crippen LogP contribution < -0.4 is 0 Å². The maximum absolute atomic E-state index is 12.7. The molecule has 0 radical (unpaired) electrons. The van der Waals surface area contributed by atoms with Gasteiger partial charge in [-0.3, -0.25) is 4.79 Å². The van der Waals surface area contributed by atoms with Gasteiger partial charge in [0.1, 0.15) is 0 Å². The highest BCUT2D eigenvalue weighted by atomic mass is 16.5. The molecule has 25 heavy (non-hydrogen) atoms. The number of hydrogen-bond acceptors (Lipinski definition) is 3. The minimum absolute atomic E-state index is 0.264. The summed E-state index contributed by atoms with van der Waals surface area (Å²) in [5.41, 5.74) is 4.25. The van der Waals surface area contributed by atoms with Gasteiger partial charge < -0.3 is 4.74 Å². The number of carbonyl (C=O) groups excluding carboxylic acids is 2. The Bertz CT molecular complexity index is 738. The molecule has 3 rings (SSSR count). The molecule has 0 aromatic heterocycles. The molecule has 1 fully saturated rings. The van der Waals surface area contributed by atoms with E-state index in [1.165, 1.54) is 16.7 Å². The summed E-state index contributed by atoms with van der Waals surface area (Å²) in [6, 6.07) is 9.03. The monoisotopic (exact) mass is 338 g/mol. The quantitative estimate of drug-likeness (QED) is 0.436. The first kappa shape index (κ1) is 17.7. The van der Waals surface area contributed by atoms with Crippen molar-refractivity contribution < 1.29 is 14.3 Å². The third-order valence-corrected chi connectivity index (χ3v) is 5.76. The lowest BCUT2D eigenvalue weighted by molar-refractivity contribution is -0.124. The molecule has 0 amide bonds. The van der Waals surface area contributed by atoms with Crippen molar-refractivity contribution in [2.75, 3.05) is 6.61 Å². The number of hydrogen-bond donors (Lipinski definition) is 0. The SMILES string of the molecule is CC1=CC(=O)[C@]2(CCCOC(=O)c3ccccc3)CC(=C(C)C)C[C@H]12. The average molecular weight is 338 g/mol. The third kappa shape index (κ3) is 3.33. The number of fused-ring (bicyclic) bond motifs is 1. The summed E-state index contributed by atoms with van der Waals surface area (Å²) in [6.07, 6.45) is 5.20. The Balaban J connectivity index is 1.61. The molecule has 2 aliphatic rings. The first-order valence-electron chi connectivity index (χ1n) is 9.04. The van der Waals surface area contributed by atoms with E-state index in [1.807, 2.05) is 24.3 Å². The lowest BCUT2D eigenvalue weighted by Gasteiger charge is -2.28. The Hall–Kier alpha value is -2.16. The molecular weight excluding hydrogens is 312 g/mol. The number of allylic oxidation sites excluding steroid dienone is 4. The Labute approximate surface area is 149 Å². The average Bonchev–Trinajstić information content (AvgIpc) is 3.09. The van der Waals surface area contributed by atoms with Gasteiger partial charge in [0, 0.05) is 5.41 Å². The molecule has 1 aromatic rings. The molecule has 132 valence electrons. The van der Waals surface area contributed by atoms with Gasteiger partial charge in [-0.25, -0.2) is 4.79 Å². The maximum atomic E-state index is 12.7. The minimum Gasteiger partial charge on any atom is -0.462 e. The molecule has 2 atom stereocenters. The van der Waals surface area contributed by atoms with Crippen LogP contribution in [0.3, 0.4) is 0 Å². The number of ether oxygens (including phenoxy) is 1. The molecule has 0 unspecified atom stereocenters. The Kier molecular flexibility index (Phi) is 4.94. The van der Waals surface area contributed by atoms with Crippen molar-refractivity contribution in [3.8, 4) is 0 Å².